The summed E-state index contributed by atoms with van der Waals surface area (Å²) in [5.41, 5.74) is 6.62. The van der Waals surface area contributed by atoms with Gasteiger partial charge in [0.2, 0.25) is 0 Å². The highest BCUT2D eigenvalue weighted by atomic mass is 16.2. The van der Waals surface area contributed by atoms with Gasteiger partial charge in [0.1, 0.15) is 12.1 Å². The highest BCUT2D eigenvalue weighted by Gasteiger charge is 2.13. The fourth-order valence-corrected chi connectivity index (χ4v) is 2.93. The van der Waals surface area contributed by atoms with Gasteiger partial charge in [-0.05, 0) is 29.8 Å². The maximum absolute atomic E-state index is 12.7. The Morgan fingerprint density at radius 1 is 0.889 bits per heavy atom. The number of hydrazine groups is 1. The molecule has 3 aromatic carbocycles. The number of hydrogen-bond acceptors (Lipinski definition) is 4. The second-order valence-corrected chi connectivity index (χ2v) is 6.18. The monoisotopic (exact) mass is 357 g/mol. The molecule has 0 aliphatic carbocycles. The van der Waals surface area contributed by atoms with E-state index in [1.165, 1.54) is 0 Å². The van der Waals surface area contributed by atoms with E-state index in [0.717, 1.165) is 22.3 Å². The maximum Gasteiger partial charge on any atom is 0.260 e. The van der Waals surface area contributed by atoms with E-state index >= 15 is 0 Å². The van der Waals surface area contributed by atoms with Crippen LogP contribution in [0.15, 0.2) is 84.9 Å². The third-order valence-electron chi connectivity index (χ3n) is 4.22. The first-order valence-electron chi connectivity index (χ1n) is 8.74. The van der Waals surface area contributed by atoms with Gasteiger partial charge in [0, 0.05) is 0 Å². The largest absolute Gasteiger partial charge is 0.281 e. The molecule has 0 saturated heterocycles. The Balaban J connectivity index is 1.53. The minimum atomic E-state index is -0.162. The molecule has 1 heterocycles. The Labute approximate surface area is 157 Å². The fraction of sp³-hybridized carbons (Fsp3) is 0.0952. The van der Waals surface area contributed by atoms with Crippen molar-refractivity contribution in [2.45, 2.75) is 13.1 Å². The third kappa shape index (κ3) is 3.95. The van der Waals surface area contributed by atoms with E-state index in [0.29, 0.717) is 6.54 Å². The molecule has 0 fully saturated rings. The first-order chi connectivity index (χ1) is 13.3. The van der Waals surface area contributed by atoms with Gasteiger partial charge < -0.3 is 0 Å². The molecule has 134 valence electrons. The number of benzene rings is 3. The standard InChI is InChI=1S/C21H19N5O/c27-21(16-26-20-14-8-7-13-19(20)22-24-26)23-25(18-11-5-2-6-12-18)15-17-9-3-1-4-10-17/h1-14H,15-16H2,(H,23,27). The predicted octanol–water partition coefficient (Wildman–Crippen LogP) is 3.17. The molecule has 6 nitrogen and oxygen atoms in total. The molecule has 4 aromatic rings. The first-order valence-corrected chi connectivity index (χ1v) is 8.74. The van der Waals surface area contributed by atoms with Gasteiger partial charge in [-0.1, -0.05) is 65.9 Å². The van der Waals surface area contributed by atoms with Gasteiger partial charge >= 0.3 is 0 Å². The molecule has 0 bridgehead atoms. The molecule has 0 aliphatic rings. The van der Waals surface area contributed by atoms with E-state index in [4.69, 9.17) is 0 Å². The van der Waals surface area contributed by atoms with Crippen LogP contribution in [-0.4, -0.2) is 20.9 Å². The van der Waals surface area contributed by atoms with Crippen LogP contribution in [0.5, 0.6) is 0 Å². The van der Waals surface area contributed by atoms with E-state index < -0.39 is 0 Å². The summed E-state index contributed by atoms with van der Waals surface area (Å²) in [5, 5.41) is 10.0. The summed E-state index contributed by atoms with van der Waals surface area (Å²) in [6.45, 7) is 0.660. The van der Waals surface area contributed by atoms with Crippen molar-refractivity contribution in [1.82, 2.24) is 20.4 Å². The van der Waals surface area contributed by atoms with Crippen molar-refractivity contribution in [2.75, 3.05) is 5.01 Å². The van der Waals surface area contributed by atoms with Gasteiger partial charge in [-0.3, -0.25) is 15.2 Å². The Morgan fingerprint density at radius 2 is 1.56 bits per heavy atom. The molecule has 0 aliphatic heterocycles. The van der Waals surface area contributed by atoms with Gasteiger partial charge in [-0.15, -0.1) is 5.10 Å². The van der Waals surface area contributed by atoms with Crippen LogP contribution in [0.2, 0.25) is 0 Å². The number of fused-ring (bicyclic) bond motifs is 1. The molecular formula is C21H19N5O. The first kappa shape index (κ1) is 16.8. The van der Waals surface area contributed by atoms with Crippen LogP contribution in [-0.2, 0) is 17.9 Å². The van der Waals surface area contributed by atoms with Crippen molar-refractivity contribution in [1.29, 1.82) is 0 Å². The number of carbonyl (C=O) groups is 1. The number of para-hydroxylation sites is 2. The molecule has 0 unspecified atom stereocenters. The average Bonchev–Trinajstić information content (AvgIpc) is 3.12. The Morgan fingerprint density at radius 3 is 2.33 bits per heavy atom. The normalized spacial score (nSPS) is 10.7. The maximum atomic E-state index is 12.7. The van der Waals surface area contributed by atoms with Crippen LogP contribution in [0, 0.1) is 0 Å². The Bertz CT molecular complexity index is 1030. The quantitative estimate of drug-likeness (QED) is 0.539. The van der Waals surface area contributed by atoms with Crippen molar-refractivity contribution in [3.05, 3.63) is 90.5 Å². The topological polar surface area (TPSA) is 63.1 Å². The molecule has 0 saturated carbocycles. The number of hydrogen-bond donors (Lipinski definition) is 1. The highest BCUT2D eigenvalue weighted by Crippen LogP contribution is 2.15. The molecule has 4 rings (SSSR count). The van der Waals surface area contributed by atoms with Gasteiger partial charge in [0.15, 0.2) is 0 Å². The summed E-state index contributed by atoms with van der Waals surface area (Å²) < 4.78 is 1.61. The zero-order valence-corrected chi connectivity index (χ0v) is 14.7. The number of nitrogens with one attached hydrogen (secondary N) is 1. The minimum Gasteiger partial charge on any atom is -0.281 e. The molecule has 6 heteroatoms. The van der Waals surface area contributed by atoms with E-state index in [1.54, 1.807) is 4.68 Å². The Hall–Kier alpha value is -3.67. The highest BCUT2D eigenvalue weighted by molar-refractivity contribution is 5.80. The number of nitrogens with zero attached hydrogens (tertiary/aromatic N) is 4. The lowest BCUT2D eigenvalue weighted by atomic mass is 10.2. The van der Waals surface area contributed by atoms with Crippen molar-refractivity contribution in [3.8, 4) is 0 Å². The van der Waals surface area contributed by atoms with Gasteiger partial charge in [-0.25, -0.2) is 4.68 Å². The lowest BCUT2D eigenvalue weighted by Gasteiger charge is -2.25. The van der Waals surface area contributed by atoms with Gasteiger partial charge in [0.25, 0.3) is 5.91 Å². The minimum absolute atomic E-state index is 0.0959. The number of anilines is 1. The van der Waals surface area contributed by atoms with Crippen LogP contribution in [0.3, 0.4) is 0 Å². The number of carbonyl (C=O) groups excluding carboxylic acids is 1. The number of rotatable bonds is 6. The molecule has 1 amide bonds. The van der Waals surface area contributed by atoms with E-state index in [9.17, 15) is 4.79 Å². The summed E-state index contributed by atoms with van der Waals surface area (Å²) in [4.78, 5) is 12.7. The van der Waals surface area contributed by atoms with Crippen molar-refractivity contribution in [2.24, 2.45) is 0 Å². The molecule has 0 spiro atoms. The smallest absolute Gasteiger partial charge is 0.260 e. The van der Waals surface area contributed by atoms with Crippen LogP contribution >= 0.6 is 0 Å². The fourth-order valence-electron chi connectivity index (χ4n) is 2.93. The van der Waals surface area contributed by atoms with Gasteiger partial charge in [0.05, 0.1) is 17.7 Å². The average molecular weight is 357 g/mol. The number of amides is 1. The second-order valence-electron chi connectivity index (χ2n) is 6.18. The molecule has 0 atom stereocenters. The SMILES string of the molecule is O=C(Cn1nnc2ccccc21)NN(Cc1ccccc1)c1ccccc1. The second kappa shape index (κ2) is 7.70. The zero-order valence-electron chi connectivity index (χ0n) is 14.7. The number of aromatic nitrogens is 3. The zero-order chi connectivity index (χ0) is 18.5. The van der Waals surface area contributed by atoms with E-state index in [-0.39, 0.29) is 12.5 Å². The predicted molar refractivity (Wildman–Crippen MR) is 105 cm³/mol. The Kier molecular flexibility index (Phi) is 4.78. The van der Waals surface area contributed by atoms with Crippen molar-refractivity contribution >= 4 is 22.6 Å². The lowest BCUT2D eigenvalue weighted by molar-refractivity contribution is -0.122. The van der Waals surface area contributed by atoms with Crippen LogP contribution in [0.25, 0.3) is 11.0 Å². The molecule has 27 heavy (non-hydrogen) atoms. The lowest BCUT2D eigenvalue weighted by Crippen LogP contribution is -2.43. The van der Waals surface area contributed by atoms with E-state index in [2.05, 4.69) is 15.7 Å². The van der Waals surface area contributed by atoms with Crippen LogP contribution in [0.1, 0.15) is 5.56 Å². The van der Waals surface area contributed by atoms with Crippen LogP contribution in [0.4, 0.5) is 5.69 Å². The van der Waals surface area contributed by atoms with E-state index in [1.807, 2.05) is 89.9 Å². The molecule has 1 aromatic heterocycles. The van der Waals surface area contributed by atoms with Crippen LogP contribution < -0.4 is 10.4 Å². The summed E-state index contributed by atoms with van der Waals surface area (Å²) in [6.07, 6.45) is 0. The summed E-state index contributed by atoms with van der Waals surface area (Å²) in [5.74, 6) is -0.162. The summed E-state index contributed by atoms with van der Waals surface area (Å²) in [6, 6.07) is 27.4. The molecular weight excluding hydrogens is 338 g/mol. The third-order valence-corrected chi connectivity index (χ3v) is 4.22. The van der Waals surface area contributed by atoms with Gasteiger partial charge in [-0.2, -0.15) is 0 Å². The summed E-state index contributed by atoms with van der Waals surface area (Å²) >= 11 is 0. The van der Waals surface area contributed by atoms with Crippen molar-refractivity contribution in [3.63, 3.8) is 0 Å². The molecule has 1 N–H and O–H groups in total. The summed E-state index contributed by atoms with van der Waals surface area (Å²) in [7, 11) is 0. The van der Waals surface area contributed by atoms with Crippen molar-refractivity contribution < 1.29 is 4.79 Å². The molecule has 0 radical (unpaired) electrons.